The van der Waals surface area contributed by atoms with Crippen LogP contribution in [0.15, 0.2) is 36.4 Å². The van der Waals surface area contributed by atoms with E-state index in [4.69, 9.17) is 5.73 Å². The van der Waals surface area contributed by atoms with Crippen LogP contribution in [0.5, 0.6) is 0 Å². The molecule has 1 aromatic carbocycles. The summed E-state index contributed by atoms with van der Waals surface area (Å²) < 4.78 is 37.1. The number of alkyl halides is 3. The SMILES string of the molecule is Nc1ccc(C(=O)c2ccc(C(F)(F)F)cc2)nn1. The van der Waals surface area contributed by atoms with Crippen molar-refractivity contribution in [2.45, 2.75) is 6.18 Å². The van der Waals surface area contributed by atoms with Crippen LogP contribution in [0.1, 0.15) is 21.6 Å². The number of hydrogen-bond donors (Lipinski definition) is 1. The first kappa shape index (κ1) is 13.0. The zero-order chi connectivity index (χ0) is 14.0. The summed E-state index contributed by atoms with van der Waals surface area (Å²) in [6, 6.07) is 6.65. The minimum atomic E-state index is -4.43. The van der Waals surface area contributed by atoms with Gasteiger partial charge >= 0.3 is 6.18 Å². The summed E-state index contributed by atoms with van der Waals surface area (Å²) in [7, 11) is 0. The predicted octanol–water partition coefficient (Wildman–Crippen LogP) is 2.31. The number of rotatable bonds is 2. The summed E-state index contributed by atoms with van der Waals surface area (Å²) in [6.45, 7) is 0. The lowest BCUT2D eigenvalue weighted by Crippen LogP contribution is -2.08. The number of nitrogens with zero attached hydrogens (tertiary/aromatic N) is 2. The van der Waals surface area contributed by atoms with E-state index in [0.29, 0.717) is 0 Å². The zero-order valence-corrected chi connectivity index (χ0v) is 9.48. The molecule has 2 rings (SSSR count). The van der Waals surface area contributed by atoms with Crippen molar-refractivity contribution in [3.05, 3.63) is 53.2 Å². The Bertz CT molecular complexity index is 591. The van der Waals surface area contributed by atoms with E-state index in [1.807, 2.05) is 0 Å². The van der Waals surface area contributed by atoms with Crippen molar-refractivity contribution in [1.82, 2.24) is 10.2 Å². The molecular formula is C12H8F3N3O. The highest BCUT2D eigenvalue weighted by molar-refractivity contribution is 6.07. The molecule has 0 aliphatic rings. The molecular weight excluding hydrogens is 259 g/mol. The van der Waals surface area contributed by atoms with E-state index in [2.05, 4.69) is 10.2 Å². The Morgan fingerprint density at radius 3 is 2.11 bits per heavy atom. The van der Waals surface area contributed by atoms with Gasteiger partial charge in [-0.2, -0.15) is 13.2 Å². The average Bonchev–Trinajstić information content (AvgIpc) is 2.38. The van der Waals surface area contributed by atoms with Crippen LogP contribution in [0.4, 0.5) is 19.0 Å². The van der Waals surface area contributed by atoms with Gasteiger partial charge in [-0.25, -0.2) is 0 Å². The Balaban J connectivity index is 2.27. The van der Waals surface area contributed by atoms with E-state index in [1.165, 1.54) is 12.1 Å². The summed E-state index contributed by atoms with van der Waals surface area (Å²) in [5.74, 6) is -0.356. The molecule has 0 amide bonds. The van der Waals surface area contributed by atoms with Gasteiger partial charge in [-0.15, -0.1) is 10.2 Å². The lowest BCUT2D eigenvalue weighted by molar-refractivity contribution is -0.137. The number of halogens is 3. The molecule has 2 N–H and O–H groups in total. The van der Waals surface area contributed by atoms with Gasteiger partial charge < -0.3 is 5.73 Å². The summed E-state index contributed by atoms with van der Waals surface area (Å²) in [5, 5.41) is 7.09. The molecule has 19 heavy (non-hydrogen) atoms. The Hall–Kier alpha value is -2.44. The average molecular weight is 267 g/mol. The third kappa shape index (κ3) is 2.87. The second-order valence-corrected chi connectivity index (χ2v) is 3.75. The molecule has 0 radical (unpaired) electrons. The molecule has 7 heteroatoms. The van der Waals surface area contributed by atoms with Gasteiger partial charge in [-0.3, -0.25) is 4.79 Å². The Kier molecular flexibility index (Phi) is 3.20. The Labute approximate surface area is 106 Å². The van der Waals surface area contributed by atoms with Crippen LogP contribution >= 0.6 is 0 Å². The second kappa shape index (κ2) is 4.68. The molecule has 98 valence electrons. The number of benzene rings is 1. The van der Waals surface area contributed by atoms with E-state index in [0.717, 1.165) is 24.3 Å². The van der Waals surface area contributed by atoms with Crippen molar-refractivity contribution < 1.29 is 18.0 Å². The highest BCUT2D eigenvalue weighted by Gasteiger charge is 2.30. The predicted molar refractivity (Wildman–Crippen MR) is 61.3 cm³/mol. The quantitative estimate of drug-likeness (QED) is 0.848. The molecule has 1 heterocycles. The molecule has 1 aromatic heterocycles. The first-order valence-corrected chi connectivity index (χ1v) is 5.19. The molecule has 0 aliphatic carbocycles. The number of anilines is 1. The van der Waals surface area contributed by atoms with E-state index in [9.17, 15) is 18.0 Å². The summed E-state index contributed by atoms with van der Waals surface area (Å²) in [5.41, 5.74) is 4.64. The number of carbonyl (C=O) groups excluding carboxylic acids is 1. The van der Waals surface area contributed by atoms with Crippen LogP contribution in [-0.2, 0) is 6.18 Å². The first-order valence-electron chi connectivity index (χ1n) is 5.19. The van der Waals surface area contributed by atoms with Gasteiger partial charge in [0.25, 0.3) is 0 Å². The van der Waals surface area contributed by atoms with Gasteiger partial charge in [0.15, 0.2) is 0 Å². The van der Waals surface area contributed by atoms with Gasteiger partial charge in [-0.05, 0) is 24.3 Å². The summed E-state index contributed by atoms with van der Waals surface area (Å²) >= 11 is 0. The second-order valence-electron chi connectivity index (χ2n) is 3.75. The minimum Gasteiger partial charge on any atom is -0.382 e. The summed E-state index contributed by atoms with van der Waals surface area (Å²) in [4.78, 5) is 11.9. The Morgan fingerprint density at radius 2 is 1.63 bits per heavy atom. The molecule has 0 bridgehead atoms. The van der Waals surface area contributed by atoms with E-state index >= 15 is 0 Å². The van der Waals surface area contributed by atoms with Crippen LogP contribution in [-0.4, -0.2) is 16.0 Å². The highest BCUT2D eigenvalue weighted by atomic mass is 19.4. The molecule has 4 nitrogen and oxygen atoms in total. The molecule has 0 aliphatic heterocycles. The standard InChI is InChI=1S/C12H8F3N3O/c13-12(14,15)8-3-1-7(2-4-8)11(19)9-5-6-10(16)18-17-9/h1-6H,(H2,16,18). The number of nitrogens with two attached hydrogens (primary N) is 1. The topological polar surface area (TPSA) is 68.9 Å². The molecule has 0 saturated heterocycles. The molecule has 0 atom stereocenters. The maximum Gasteiger partial charge on any atom is 0.416 e. The lowest BCUT2D eigenvalue weighted by Gasteiger charge is -2.06. The van der Waals surface area contributed by atoms with Crippen LogP contribution in [0.2, 0.25) is 0 Å². The molecule has 0 fully saturated rings. The fourth-order valence-corrected chi connectivity index (χ4v) is 1.42. The van der Waals surface area contributed by atoms with Crippen molar-refractivity contribution in [1.29, 1.82) is 0 Å². The molecule has 0 saturated carbocycles. The monoisotopic (exact) mass is 267 g/mol. The highest BCUT2D eigenvalue weighted by Crippen LogP contribution is 2.29. The normalized spacial score (nSPS) is 11.3. The fourth-order valence-electron chi connectivity index (χ4n) is 1.42. The van der Waals surface area contributed by atoms with Crippen LogP contribution in [0.3, 0.4) is 0 Å². The first-order chi connectivity index (χ1) is 8.88. The van der Waals surface area contributed by atoms with Gasteiger partial charge in [0.2, 0.25) is 5.78 Å². The number of hydrogen-bond acceptors (Lipinski definition) is 4. The van der Waals surface area contributed by atoms with Gasteiger partial charge in [0.1, 0.15) is 11.5 Å². The smallest absolute Gasteiger partial charge is 0.382 e. The van der Waals surface area contributed by atoms with E-state index in [-0.39, 0.29) is 17.1 Å². The third-order valence-electron chi connectivity index (χ3n) is 2.39. The minimum absolute atomic E-state index is 0.0222. The number of ketones is 1. The fraction of sp³-hybridized carbons (Fsp3) is 0.0833. The Morgan fingerprint density at radius 1 is 1.00 bits per heavy atom. The van der Waals surface area contributed by atoms with Gasteiger partial charge in [0, 0.05) is 5.56 Å². The maximum atomic E-state index is 12.4. The van der Waals surface area contributed by atoms with Crippen LogP contribution in [0.25, 0.3) is 0 Å². The van der Waals surface area contributed by atoms with E-state index in [1.54, 1.807) is 0 Å². The van der Waals surface area contributed by atoms with Crippen molar-refractivity contribution in [2.75, 3.05) is 5.73 Å². The summed E-state index contributed by atoms with van der Waals surface area (Å²) in [6.07, 6.45) is -4.43. The van der Waals surface area contributed by atoms with Crippen molar-refractivity contribution >= 4 is 11.6 Å². The van der Waals surface area contributed by atoms with Crippen LogP contribution < -0.4 is 5.73 Å². The molecule has 0 unspecified atom stereocenters. The largest absolute Gasteiger partial charge is 0.416 e. The third-order valence-corrected chi connectivity index (χ3v) is 2.39. The van der Waals surface area contributed by atoms with Crippen LogP contribution in [0, 0.1) is 0 Å². The van der Waals surface area contributed by atoms with Crippen molar-refractivity contribution in [3.63, 3.8) is 0 Å². The lowest BCUT2D eigenvalue weighted by atomic mass is 10.1. The van der Waals surface area contributed by atoms with Crippen molar-refractivity contribution in [3.8, 4) is 0 Å². The van der Waals surface area contributed by atoms with Gasteiger partial charge in [-0.1, -0.05) is 12.1 Å². The van der Waals surface area contributed by atoms with E-state index < -0.39 is 17.5 Å². The maximum absolute atomic E-state index is 12.4. The number of aromatic nitrogens is 2. The molecule has 2 aromatic rings. The molecule has 0 spiro atoms. The number of nitrogen functional groups attached to an aromatic ring is 1. The zero-order valence-electron chi connectivity index (χ0n) is 9.48. The number of carbonyl (C=O) groups is 1. The van der Waals surface area contributed by atoms with Crippen molar-refractivity contribution in [2.24, 2.45) is 0 Å². The van der Waals surface area contributed by atoms with Gasteiger partial charge in [0.05, 0.1) is 5.56 Å².